The van der Waals surface area contributed by atoms with E-state index in [1.54, 1.807) is 6.20 Å². The Hall–Kier alpha value is -2.47. The maximum Gasteiger partial charge on any atom is 0.356 e. The minimum Gasteiger partial charge on any atom is -0.476 e. The van der Waals surface area contributed by atoms with Crippen LogP contribution in [0.5, 0.6) is 0 Å². The predicted octanol–water partition coefficient (Wildman–Crippen LogP) is 2.28. The van der Waals surface area contributed by atoms with Gasteiger partial charge in [0.2, 0.25) is 0 Å². The van der Waals surface area contributed by atoms with Crippen LogP contribution in [0.25, 0.3) is 0 Å². The van der Waals surface area contributed by atoms with Gasteiger partial charge in [-0.1, -0.05) is 30.3 Å². The highest BCUT2D eigenvalue weighted by atomic mass is 16.4. The van der Waals surface area contributed by atoms with Crippen molar-refractivity contribution in [2.24, 2.45) is 5.92 Å². The van der Waals surface area contributed by atoms with Gasteiger partial charge in [0.1, 0.15) is 5.82 Å². The summed E-state index contributed by atoms with van der Waals surface area (Å²) in [6.45, 7) is 4.05. The number of anilines is 1. The van der Waals surface area contributed by atoms with E-state index >= 15 is 0 Å². The van der Waals surface area contributed by atoms with E-state index in [9.17, 15) is 4.79 Å². The molecule has 1 aromatic carbocycles. The molecule has 3 fully saturated rings. The van der Waals surface area contributed by atoms with Gasteiger partial charge in [-0.3, -0.25) is 4.90 Å². The first-order valence-corrected chi connectivity index (χ1v) is 8.77. The van der Waals surface area contributed by atoms with Crippen LogP contribution in [0, 0.1) is 5.92 Å². The van der Waals surface area contributed by atoms with Crippen LogP contribution < -0.4 is 4.90 Å². The molecule has 0 radical (unpaired) electrons. The SMILES string of the molecule is O=C(O)c1cnc(N2C[C@@H]3CC[C@H]2CN(Cc2ccccc2)C3)cn1. The van der Waals surface area contributed by atoms with E-state index in [4.69, 9.17) is 5.11 Å². The Morgan fingerprint density at radius 3 is 2.64 bits per heavy atom. The topological polar surface area (TPSA) is 69.6 Å². The Morgan fingerprint density at radius 1 is 1.08 bits per heavy atom. The zero-order valence-corrected chi connectivity index (χ0v) is 14.1. The molecule has 2 aromatic rings. The molecule has 4 heterocycles. The minimum atomic E-state index is -1.04. The number of aromatic carboxylic acids is 1. The molecule has 0 aliphatic carbocycles. The number of rotatable bonds is 4. The Bertz CT molecular complexity index is 735. The number of carboxylic acid groups (broad SMARTS) is 1. The molecule has 0 unspecified atom stereocenters. The lowest BCUT2D eigenvalue weighted by atomic mass is 9.95. The number of fused-ring (bicyclic) bond motifs is 4. The largest absolute Gasteiger partial charge is 0.476 e. The van der Waals surface area contributed by atoms with E-state index in [1.165, 1.54) is 18.2 Å². The third-order valence-corrected chi connectivity index (χ3v) is 5.19. The summed E-state index contributed by atoms with van der Waals surface area (Å²) >= 11 is 0. The first-order chi connectivity index (χ1) is 12.2. The molecule has 0 amide bonds. The highest BCUT2D eigenvalue weighted by Crippen LogP contribution is 2.31. The standard InChI is InChI=1S/C19H22N4O2/c24-19(25)17-8-21-18(9-20-17)23-12-15-6-7-16(23)13-22(11-15)10-14-4-2-1-3-5-14/h1-5,8-9,15-16H,6-7,10-13H2,(H,24,25)/t15-,16+/m1/s1. The summed E-state index contributed by atoms with van der Waals surface area (Å²) < 4.78 is 0. The highest BCUT2D eigenvalue weighted by Gasteiger charge is 2.35. The molecular formula is C19H22N4O2. The Balaban J connectivity index is 1.50. The lowest BCUT2D eigenvalue weighted by Crippen LogP contribution is -2.44. The number of benzene rings is 1. The van der Waals surface area contributed by atoms with Gasteiger partial charge in [-0.25, -0.2) is 14.8 Å². The number of hydrogen-bond donors (Lipinski definition) is 1. The summed E-state index contributed by atoms with van der Waals surface area (Å²) in [5.74, 6) is 0.371. The van der Waals surface area contributed by atoms with Crippen molar-refractivity contribution in [3.63, 3.8) is 0 Å². The minimum absolute atomic E-state index is 0.00515. The van der Waals surface area contributed by atoms with Crippen molar-refractivity contribution < 1.29 is 9.90 Å². The smallest absolute Gasteiger partial charge is 0.356 e. The van der Waals surface area contributed by atoms with Gasteiger partial charge in [0.25, 0.3) is 0 Å². The third-order valence-electron chi connectivity index (χ3n) is 5.19. The molecule has 1 N–H and O–H groups in total. The van der Waals surface area contributed by atoms with Crippen molar-refractivity contribution >= 4 is 11.8 Å². The van der Waals surface area contributed by atoms with Crippen LogP contribution in [-0.4, -0.2) is 51.6 Å². The second-order valence-electron chi connectivity index (χ2n) is 6.99. The first-order valence-electron chi connectivity index (χ1n) is 8.77. The van der Waals surface area contributed by atoms with Gasteiger partial charge in [0, 0.05) is 32.2 Å². The normalized spacial score (nSPS) is 23.4. The first kappa shape index (κ1) is 16.0. The number of hydrogen-bond acceptors (Lipinski definition) is 5. The van der Waals surface area contributed by atoms with Gasteiger partial charge in [0.15, 0.2) is 5.69 Å². The quantitative estimate of drug-likeness (QED) is 0.922. The number of carbonyl (C=O) groups is 1. The average molecular weight is 338 g/mol. The number of piperidine rings is 1. The van der Waals surface area contributed by atoms with Gasteiger partial charge in [-0.15, -0.1) is 0 Å². The second kappa shape index (κ2) is 6.80. The number of aromatic nitrogens is 2. The van der Waals surface area contributed by atoms with Crippen LogP contribution >= 0.6 is 0 Å². The molecule has 2 atom stereocenters. The molecule has 3 aliphatic rings. The van der Waals surface area contributed by atoms with Crippen molar-refractivity contribution in [3.8, 4) is 0 Å². The molecule has 0 spiro atoms. The maximum atomic E-state index is 11.0. The third kappa shape index (κ3) is 3.49. The summed E-state index contributed by atoms with van der Waals surface area (Å²) in [6.07, 6.45) is 5.36. The Labute approximate surface area is 147 Å². The van der Waals surface area contributed by atoms with Crippen molar-refractivity contribution in [1.29, 1.82) is 0 Å². The van der Waals surface area contributed by atoms with Crippen LogP contribution in [0.3, 0.4) is 0 Å². The summed E-state index contributed by atoms with van der Waals surface area (Å²) in [4.78, 5) is 24.2. The molecule has 6 heteroatoms. The fraction of sp³-hybridized carbons (Fsp3) is 0.421. The van der Waals surface area contributed by atoms with Crippen LogP contribution in [0.4, 0.5) is 5.82 Å². The van der Waals surface area contributed by atoms with Crippen molar-refractivity contribution in [2.75, 3.05) is 24.5 Å². The molecular weight excluding hydrogens is 316 g/mol. The Kier molecular flexibility index (Phi) is 4.36. The molecule has 5 rings (SSSR count). The fourth-order valence-electron chi connectivity index (χ4n) is 4.01. The molecule has 3 aliphatic heterocycles. The lowest BCUT2D eigenvalue weighted by Gasteiger charge is -2.36. The molecule has 130 valence electrons. The second-order valence-corrected chi connectivity index (χ2v) is 6.99. The average Bonchev–Trinajstić information content (AvgIpc) is 2.93. The van der Waals surface area contributed by atoms with Crippen LogP contribution in [0.1, 0.15) is 28.9 Å². The van der Waals surface area contributed by atoms with E-state index in [0.29, 0.717) is 12.0 Å². The summed E-state index contributed by atoms with van der Waals surface area (Å²) in [5.41, 5.74) is 1.34. The summed E-state index contributed by atoms with van der Waals surface area (Å²) in [6, 6.07) is 11.0. The van der Waals surface area contributed by atoms with Gasteiger partial charge < -0.3 is 10.0 Å². The molecule has 0 saturated carbocycles. The highest BCUT2D eigenvalue weighted by molar-refractivity contribution is 5.84. The molecule has 1 aromatic heterocycles. The molecule has 25 heavy (non-hydrogen) atoms. The van der Waals surface area contributed by atoms with Crippen molar-refractivity contribution in [3.05, 3.63) is 54.0 Å². The van der Waals surface area contributed by atoms with Gasteiger partial charge in [-0.2, -0.15) is 0 Å². The van der Waals surface area contributed by atoms with Crippen LogP contribution in [0.15, 0.2) is 42.7 Å². The van der Waals surface area contributed by atoms with E-state index < -0.39 is 5.97 Å². The number of carboxylic acids is 1. The molecule has 3 saturated heterocycles. The maximum absolute atomic E-state index is 11.0. The van der Waals surface area contributed by atoms with Gasteiger partial charge in [-0.05, 0) is 24.3 Å². The van der Waals surface area contributed by atoms with Crippen LogP contribution in [0.2, 0.25) is 0 Å². The predicted molar refractivity (Wildman–Crippen MR) is 94.6 cm³/mol. The van der Waals surface area contributed by atoms with Crippen LogP contribution in [-0.2, 0) is 6.54 Å². The zero-order valence-electron chi connectivity index (χ0n) is 14.1. The fourth-order valence-corrected chi connectivity index (χ4v) is 4.01. The number of nitrogens with zero attached hydrogens (tertiary/aromatic N) is 4. The monoisotopic (exact) mass is 338 g/mol. The van der Waals surface area contributed by atoms with E-state index in [1.807, 2.05) is 0 Å². The summed E-state index contributed by atoms with van der Waals surface area (Å²) in [7, 11) is 0. The van der Waals surface area contributed by atoms with Crippen molar-refractivity contribution in [2.45, 2.75) is 25.4 Å². The van der Waals surface area contributed by atoms with Crippen molar-refractivity contribution in [1.82, 2.24) is 14.9 Å². The van der Waals surface area contributed by atoms with E-state index in [0.717, 1.165) is 38.4 Å². The molecule has 2 bridgehead atoms. The zero-order chi connectivity index (χ0) is 17.2. The summed E-state index contributed by atoms with van der Waals surface area (Å²) in [5, 5.41) is 8.99. The van der Waals surface area contributed by atoms with E-state index in [2.05, 4.69) is 50.1 Å². The molecule has 6 nitrogen and oxygen atoms in total. The van der Waals surface area contributed by atoms with E-state index in [-0.39, 0.29) is 5.69 Å². The van der Waals surface area contributed by atoms with Gasteiger partial charge >= 0.3 is 5.97 Å². The Morgan fingerprint density at radius 2 is 1.92 bits per heavy atom. The van der Waals surface area contributed by atoms with Gasteiger partial charge in [0.05, 0.1) is 12.4 Å². The lowest BCUT2D eigenvalue weighted by molar-refractivity contribution is 0.0690.